The number of anilines is 1. The predicted octanol–water partition coefficient (Wildman–Crippen LogP) is 2.18. The molecule has 0 unspecified atom stereocenters. The Balaban J connectivity index is 1.83. The van der Waals surface area contributed by atoms with Gasteiger partial charge in [0, 0.05) is 34.4 Å². The highest BCUT2D eigenvalue weighted by Crippen LogP contribution is 2.33. The van der Waals surface area contributed by atoms with E-state index in [0.717, 1.165) is 12.1 Å². The number of hydrogen-bond donors (Lipinski definition) is 0. The Morgan fingerprint density at radius 3 is 2.40 bits per heavy atom. The van der Waals surface area contributed by atoms with Crippen LogP contribution < -0.4 is 4.90 Å². The summed E-state index contributed by atoms with van der Waals surface area (Å²) in [7, 11) is 2.25. The van der Waals surface area contributed by atoms with E-state index in [2.05, 4.69) is 63.7 Å². The molecule has 1 aromatic carbocycles. The zero-order valence-corrected chi connectivity index (χ0v) is 11.0. The summed E-state index contributed by atoms with van der Waals surface area (Å²) in [6.45, 7) is 2.44. The van der Waals surface area contributed by atoms with E-state index in [1.165, 1.54) is 28.8 Å². The van der Waals surface area contributed by atoms with Crippen molar-refractivity contribution in [1.82, 2.24) is 4.90 Å². The summed E-state index contributed by atoms with van der Waals surface area (Å²) >= 11 is 2.36. The first-order chi connectivity index (χ1) is 7.24. The standard InChI is InChI=1S/C12H15IN2/c1-14-7-12-6-11(14)8-15(12)10-4-2-9(13)3-5-10/h2-5,11-12H,6-8H2,1H3/t11-,12-/m1/s1. The minimum Gasteiger partial charge on any atom is -0.366 e. The van der Waals surface area contributed by atoms with Gasteiger partial charge in [-0.05, 0) is 60.3 Å². The summed E-state index contributed by atoms with van der Waals surface area (Å²) in [4.78, 5) is 5.06. The molecule has 80 valence electrons. The highest BCUT2D eigenvalue weighted by atomic mass is 127. The highest BCUT2D eigenvalue weighted by molar-refractivity contribution is 14.1. The van der Waals surface area contributed by atoms with Gasteiger partial charge in [-0.3, -0.25) is 4.90 Å². The first-order valence-corrected chi connectivity index (χ1v) is 6.54. The molecule has 3 heteroatoms. The van der Waals surface area contributed by atoms with Crippen molar-refractivity contribution < 1.29 is 0 Å². The van der Waals surface area contributed by atoms with Crippen molar-refractivity contribution in [3.8, 4) is 0 Å². The van der Waals surface area contributed by atoms with E-state index in [1.54, 1.807) is 0 Å². The van der Waals surface area contributed by atoms with Crippen LogP contribution in [-0.2, 0) is 0 Å². The molecule has 0 aliphatic carbocycles. The lowest BCUT2D eigenvalue weighted by atomic mass is 10.2. The average Bonchev–Trinajstić information content (AvgIpc) is 2.77. The van der Waals surface area contributed by atoms with Crippen molar-refractivity contribution in [1.29, 1.82) is 0 Å². The van der Waals surface area contributed by atoms with E-state index >= 15 is 0 Å². The van der Waals surface area contributed by atoms with E-state index in [-0.39, 0.29) is 0 Å². The number of halogens is 1. The van der Waals surface area contributed by atoms with E-state index in [1.807, 2.05) is 0 Å². The lowest BCUT2D eigenvalue weighted by Gasteiger charge is -2.33. The summed E-state index contributed by atoms with van der Waals surface area (Å²) in [6, 6.07) is 10.4. The maximum absolute atomic E-state index is 2.57. The van der Waals surface area contributed by atoms with E-state index < -0.39 is 0 Å². The molecular weight excluding hydrogens is 299 g/mol. The predicted molar refractivity (Wildman–Crippen MR) is 71.3 cm³/mol. The Labute approximate surface area is 104 Å². The van der Waals surface area contributed by atoms with Gasteiger partial charge in [-0.1, -0.05) is 0 Å². The van der Waals surface area contributed by atoms with Gasteiger partial charge in [-0.25, -0.2) is 0 Å². The molecule has 3 rings (SSSR count). The lowest BCUT2D eigenvalue weighted by molar-refractivity contribution is 0.292. The Kier molecular flexibility index (Phi) is 2.39. The van der Waals surface area contributed by atoms with E-state index in [4.69, 9.17) is 0 Å². The maximum atomic E-state index is 2.57. The number of likely N-dealkylation sites (tertiary alicyclic amines) is 1. The minimum absolute atomic E-state index is 0.750. The molecule has 2 fully saturated rings. The molecular formula is C12H15IN2. The molecule has 2 nitrogen and oxygen atoms in total. The molecule has 2 aliphatic heterocycles. The molecule has 2 atom stereocenters. The van der Waals surface area contributed by atoms with Gasteiger partial charge in [0.15, 0.2) is 0 Å². The fourth-order valence-corrected chi connectivity index (χ4v) is 3.17. The Bertz CT molecular complexity index is 360. The molecule has 2 aliphatic rings. The molecule has 0 aromatic heterocycles. The van der Waals surface area contributed by atoms with Crippen LogP contribution in [0.25, 0.3) is 0 Å². The van der Waals surface area contributed by atoms with E-state index in [0.29, 0.717) is 0 Å². The molecule has 0 radical (unpaired) electrons. The van der Waals surface area contributed by atoms with Crippen LogP contribution >= 0.6 is 22.6 Å². The Morgan fingerprint density at radius 1 is 1.13 bits per heavy atom. The zero-order valence-electron chi connectivity index (χ0n) is 8.86. The minimum atomic E-state index is 0.750. The number of hydrogen-bond acceptors (Lipinski definition) is 2. The fourth-order valence-electron chi connectivity index (χ4n) is 2.81. The summed E-state index contributed by atoms with van der Waals surface area (Å²) in [5.41, 5.74) is 1.40. The smallest absolute Gasteiger partial charge is 0.0433 e. The first-order valence-electron chi connectivity index (χ1n) is 5.46. The zero-order chi connectivity index (χ0) is 10.4. The quantitative estimate of drug-likeness (QED) is 0.733. The van der Waals surface area contributed by atoms with Crippen molar-refractivity contribution >= 4 is 28.3 Å². The van der Waals surface area contributed by atoms with Crippen LogP contribution in [0.4, 0.5) is 5.69 Å². The molecule has 15 heavy (non-hydrogen) atoms. The summed E-state index contributed by atoms with van der Waals surface area (Å²) < 4.78 is 1.32. The molecule has 2 bridgehead atoms. The van der Waals surface area contributed by atoms with Crippen molar-refractivity contribution in [3.05, 3.63) is 27.8 Å². The number of likely N-dealkylation sites (N-methyl/N-ethyl adjacent to an activating group) is 1. The molecule has 2 heterocycles. The van der Waals surface area contributed by atoms with Gasteiger partial charge in [0.05, 0.1) is 0 Å². The fraction of sp³-hybridized carbons (Fsp3) is 0.500. The average molecular weight is 314 g/mol. The lowest BCUT2D eigenvalue weighted by Crippen LogP contribution is -2.44. The highest BCUT2D eigenvalue weighted by Gasteiger charge is 2.41. The second-order valence-corrected chi connectivity index (χ2v) is 5.86. The van der Waals surface area contributed by atoms with Crippen LogP contribution in [0.5, 0.6) is 0 Å². The normalized spacial score (nSPS) is 30.1. The Hall–Kier alpha value is -0.290. The molecule has 2 saturated heterocycles. The summed E-state index contributed by atoms with van der Waals surface area (Å²) in [6.07, 6.45) is 1.35. The van der Waals surface area contributed by atoms with Crippen LogP contribution in [0.1, 0.15) is 6.42 Å². The molecule has 0 spiro atoms. The van der Waals surface area contributed by atoms with Crippen LogP contribution in [0.15, 0.2) is 24.3 Å². The van der Waals surface area contributed by atoms with Crippen molar-refractivity contribution in [2.45, 2.75) is 18.5 Å². The van der Waals surface area contributed by atoms with Crippen LogP contribution in [0.2, 0.25) is 0 Å². The van der Waals surface area contributed by atoms with Crippen molar-refractivity contribution in [3.63, 3.8) is 0 Å². The van der Waals surface area contributed by atoms with Gasteiger partial charge < -0.3 is 4.90 Å². The van der Waals surface area contributed by atoms with Gasteiger partial charge in [0.1, 0.15) is 0 Å². The second-order valence-electron chi connectivity index (χ2n) is 4.61. The largest absolute Gasteiger partial charge is 0.366 e. The van der Waals surface area contributed by atoms with Crippen LogP contribution in [0.3, 0.4) is 0 Å². The third kappa shape index (κ3) is 1.65. The van der Waals surface area contributed by atoms with Crippen LogP contribution in [-0.4, -0.2) is 37.1 Å². The third-order valence-electron chi connectivity index (χ3n) is 3.67. The molecule has 1 aromatic rings. The maximum Gasteiger partial charge on any atom is 0.0433 e. The number of benzene rings is 1. The summed E-state index contributed by atoms with van der Waals surface area (Å²) in [5.74, 6) is 0. The SMILES string of the molecule is CN1C[C@H]2C[C@@H]1CN2c1ccc(I)cc1. The van der Waals surface area contributed by atoms with Crippen LogP contribution in [0, 0.1) is 3.57 Å². The number of rotatable bonds is 1. The van der Waals surface area contributed by atoms with Gasteiger partial charge in [-0.15, -0.1) is 0 Å². The number of nitrogens with zero attached hydrogens (tertiary/aromatic N) is 2. The molecule has 0 saturated carbocycles. The topological polar surface area (TPSA) is 6.48 Å². The number of fused-ring (bicyclic) bond motifs is 2. The van der Waals surface area contributed by atoms with Crippen molar-refractivity contribution in [2.24, 2.45) is 0 Å². The van der Waals surface area contributed by atoms with Gasteiger partial charge in [0.25, 0.3) is 0 Å². The summed E-state index contributed by atoms with van der Waals surface area (Å²) in [5, 5.41) is 0. The second kappa shape index (κ2) is 3.63. The Morgan fingerprint density at radius 2 is 1.87 bits per heavy atom. The van der Waals surface area contributed by atoms with Gasteiger partial charge in [0.2, 0.25) is 0 Å². The van der Waals surface area contributed by atoms with Gasteiger partial charge in [-0.2, -0.15) is 0 Å². The number of piperazine rings is 1. The molecule has 0 amide bonds. The first kappa shape index (κ1) is 9.90. The monoisotopic (exact) mass is 314 g/mol. The molecule has 0 N–H and O–H groups in total. The van der Waals surface area contributed by atoms with Crippen molar-refractivity contribution in [2.75, 3.05) is 25.0 Å². The van der Waals surface area contributed by atoms with Gasteiger partial charge >= 0.3 is 0 Å². The third-order valence-corrected chi connectivity index (χ3v) is 4.39. The van der Waals surface area contributed by atoms with E-state index in [9.17, 15) is 0 Å².